The molecule has 0 bridgehead atoms. The number of aryl methyl sites for hydroxylation is 1. The second kappa shape index (κ2) is 11.6. The molecule has 1 amide bonds. The minimum atomic E-state index is -0.252. The summed E-state index contributed by atoms with van der Waals surface area (Å²) in [5.74, 6) is 0.945. The molecule has 0 saturated carbocycles. The highest BCUT2D eigenvalue weighted by atomic mass is 16.5. The fraction of sp³-hybridized carbons (Fsp3) is 0.517. The molecule has 0 unspecified atom stereocenters. The molecule has 4 heterocycles. The lowest BCUT2D eigenvalue weighted by molar-refractivity contribution is -0.128. The average molecular weight is 532 g/mol. The van der Waals surface area contributed by atoms with Crippen molar-refractivity contribution in [3.05, 3.63) is 53.2 Å². The lowest BCUT2D eigenvalue weighted by Gasteiger charge is -2.41. The molecule has 10 heteroatoms. The van der Waals surface area contributed by atoms with Crippen LogP contribution in [0.15, 0.2) is 30.9 Å². The van der Waals surface area contributed by atoms with E-state index < -0.39 is 0 Å². The normalized spacial score (nSPS) is 21.6. The molecule has 3 aliphatic rings. The zero-order valence-electron chi connectivity index (χ0n) is 22.8. The number of carbonyl (C=O) groups excluding carboxylic acids is 1. The predicted molar refractivity (Wildman–Crippen MR) is 147 cm³/mol. The van der Waals surface area contributed by atoms with Crippen molar-refractivity contribution in [3.63, 3.8) is 0 Å². The third kappa shape index (κ3) is 5.70. The number of aromatic hydroxyl groups is 1. The Bertz CT molecular complexity index is 1260. The Labute approximate surface area is 230 Å². The second-order valence-corrected chi connectivity index (χ2v) is 10.8. The number of nitriles is 1. The van der Waals surface area contributed by atoms with Crippen LogP contribution in [0.3, 0.4) is 0 Å². The van der Waals surface area contributed by atoms with Crippen molar-refractivity contribution >= 4 is 11.7 Å². The molecule has 2 fully saturated rings. The van der Waals surface area contributed by atoms with E-state index in [1.807, 2.05) is 19.1 Å². The van der Waals surface area contributed by atoms with Crippen molar-refractivity contribution in [2.24, 2.45) is 0 Å². The molecule has 2 atom stereocenters. The van der Waals surface area contributed by atoms with Crippen LogP contribution in [-0.2, 0) is 24.4 Å². The summed E-state index contributed by atoms with van der Waals surface area (Å²) in [6, 6.07) is 8.29. The number of aromatic nitrogens is 2. The maximum atomic E-state index is 12.4. The minimum Gasteiger partial charge on any atom is -0.508 e. The first-order chi connectivity index (χ1) is 18.9. The molecule has 0 aliphatic carbocycles. The van der Waals surface area contributed by atoms with Gasteiger partial charge in [-0.25, -0.2) is 0 Å². The lowest BCUT2D eigenvalue weighted by atomic mass is 10.1. The quantitative estimate of drug-likeness (QED) is 0.514. The van der Waals surface area contributed by atoms with E-state index in [0.29, 0.717) is 63.7 Å². The summed E-state index contributed by atoms with van der Waals surface area (Å²) in [5.41, 5.74) is 3.91. The summed E-state index contributed by atoms with van der Waals surface area (Å²) < 4.78 is 6.18. The van der Waals surface area contributed by atoms with Crippen molar-refractivity contribution in [2.45, 2.75) is 57.9 Å². The highest BCUT2D eigenvalue weighted by molar-refractivity contribution is 5.87. The lowest BCUT2D eigenvalue weighted by Crippen LogP contribution is -2.55. The number of anilines is 1. The number of nitrogens with zero attached hydrogens (tertiary/aromatic N) is 7. The Balaban J connectivity index is 1.42. The van der Waals surface area contributed by atoms with Gasteiger partial charge in [-0.1, -0.05) is 18.7 Å². The molecule has 2 aromatic rings. The van der Waals surface area contributed by atoms with Crippen LogP contribution >= 0.6 is 0 Å². The minimum absolute atomic E-state index is 0.156. The Morgan fingerprint density at radius 3 is 2.82 bits per heavy atom. The topological polar surface area (TPSA) is 109 Å². The Kier molecular flexibility index (Phi) is 8.00. The number of hydrogen-bond acceptors (Lipinski definition) is 9. The van der Waals surface area contributed by atoms with Crippen LogP contribution in [0.1, 0.15) is 41.6 Å². The maximum Gasteiger partial charge on any atom is 0.318 e. The van der Waals surface area contributed by atoms with Gasteiger partial charge in [-0.3, -0.25) is 9.69 Å². The van der Waals surface area contributed by atoms with Gasteiger partial charge in [0.2, 0.25) is 5.91 Å². The number of piperazine rings is 1. The van der Waals surface area contributed by atoms with Gasteiger partial charge in [-0.2, -0.15) is 15.2 Å². The molecule has 1 aromatic heterocycles. The highest BCUT2D eigenvalue weighted by Crippen LogP contribution is 2.35. The number of rotatable bonds is 8. The Hall–Kier alpha value is -3.68. The van der Waals surface area contributed by atoms with E-state index in [2.05, 4.69) is 34.4 Å². The Morgan fingerprint density at radius 1 is 1.26 bits per heavy atom. The number of likely N-dealkylation sites (N-methyl/N-ethyl adjacent to an activating group) is 1. The molecule has 3 aliphatic heterocycles. The van der Waals surface area contributed by atoms with E-state index in [-0.39, 0.29) is 18.4 Å². The van der Waals surface area contributed by atoms with Crippen LogP contribution in [0, 0.1) is 18.3 Å². The summed E-state index contributed by atoms with van der Waals surface area (Å²) in [4.78, 5) is 30.6. The van der Waals surface area contributed by atoms with Crippen LogP contribution in [0.5, 0.6) is 11.8 Å². The van der Waals surface area contributed by atoms with E-state index in [1.54, 1.807) is 11.0 Å². The fourth-order valence-corrected chi connectivity index (χ4v) is 5.93. The number of benzene rings is 1. The molecule has 0 radical (unpaired) electrons. The molecule has 2 saturated heterocycles. The van der Waals surface area contributed by atoms with E-state index in [4.69, 9.17) is 14.7 Å². The first-order valence-corrected chi connectivity index (χ1v) is 13.7. The van der Waals surface area contributed by atoms with Crippen LogP contribution in [-0.4, -0.2) is 87.6 Å². The molecule has 1 N–H and O–H groups in total. The zero-order chi connectivity index (χ0) is 27.5. The van der Waals surface area contributed by atoms with Gasteiger partial charge in [-0.15, -0.1) is 0 Å². The fourth-order valence-electron chi connectivity index (χ4n) is 5.93. The number of hydrogen-bond donors (Lipinski definition) is 1. The van der Waals surface area contributed by atoms with Gasteiger partial charge >= 0.3 is 6.01 Å². The summed E-state index contributed by atoms with van der Waals surface area (Å²) in [6.07, 6.45) is 3.80. The summed E-state index contributed by atoms with van der Waals surface area (Å²) in [7, 11) is 2.12. The van der Waals surface area contributed by atoms with Crippen molar-refractivity contribution in [1.29, 1.82) is 5.26 Å². The number of phenols is 1. The van der Waals surface area contributed by atoms with Crippen molar-refractivity contribution in [1.82, 2.24) is 24.7 Å². The SMILES string of the molecule is C=CC(=O)N1CCN(c2nc(OC[C@@H]3CCCN3C)nc3c2CN(Cc2c(C)cccc2O)C3)C[C@@H]1CC#N. The second-order valence-electron chi connectivity index (χ2n) is 10.8. The van der Waals surface area contributed by atoms with Crippen molar-refractivity contribution < 1.29 is 14.6 Å². The van der Waals surface area contributed by atoms with Gasteiger partial charge in [0.1, 0.15) is 18.2 Å². The predicted octanol–water partition coefficient (Wildman–Crippen LogP) is 2.60. The third-order valence-corrected chi connectivity index (χ3v) is 8.22. The van der Waals surface area contributed by atoms with Gasteiger partial charge in [0.15, 0.2) is 0 Å². The molecule has 5 rings (SSSR count). The maximum absolute atomic E-state index is 12.4. The molecule has 1 aromatic carbocycles. The molecular weight excluding hydrogens is 494 g/mol. The van der Waals surface area contributed by atoms with E-state index in [0.717, 1.165) is 47.6 Å². The number of ether oxygens (including phenoxy) is 1. The van der Waals surface area contributed by atoms with Crippen molar-refractivity contribution in [3.8, 4) is 17.8 Å². The number of fused-ring (bicyclic) bond motifs is 1. The zero-order valence-corrected chi connectivity index (χ0v) is 22.8. The molecule has 0 spiro atoms. The monoisotopic (exact) mass is 531 g/mol. The summed E-state index contributed by atoms with van der Waals surface area (Å²) in [5, 5.41) is 19.9. The molecule has 39 heavy (non-hydrogen) atoms. The average Bonchev–Trinajstić information content (AvgIpc) is 3.54. The highest BCUT2D eigenvalue weighted by Gasteiger charge is 2.34. The largest absolute Gasteiger partial charge is 0.508 e. The van der Waals surface area contributed by atoms with Crippen LogP contribution < -0.4 is 9.64 Å². The van der Waals surface area contributed by atoms with Crippen LogP contribution in [0.4, 0.5) is 5.82 Å². The first-order valence-electron chi connectivity index (χ1n) is 13.7. The Morgan fingerprint density at radius 2 is 2.10 bits per heavy atom. The number of phenolic OH excluding ortho intramolecular Hbond substituents is 1. The number of likely N-dealkylation sites (tertiary alicyclic amines) is 1. The van der Waals surface area contributed by atoms with Gasteiger partial charge in [0.25, 0.3) is 0 Å². The van der Waals surface area contributed by atoms with Gasteiger partial charge in [0.05, 0.1) is 24.2 Å². The molecule has 206 valence electrons. The van der Waals surface area contributed by atoms with Gasteiger partial charge in [-0.05, 0) is 51.1 Å². The number of carbonyl (C=O) groups is 1. The standard InChI is InChI=1S/C29H37N7O3/c1-4-27(38)36-14-13-35(15-21(36)10-11-30)28-24-17-34(16-23-20(2)7-5-9-26(23)37)18-25(24)31-29(32-28)39-19-22-8-6-12-33(22)3/h4-5,7,9,21-22,37H,1,6,8,10,12-19H2,2-3H3/t21-,22-/m0/s1. The van der Waals surface area contributed by atoms with Gasteiger partial charge in [0, 0.05) is 56.4 Å². The summed E-state index contributed by atoms with van der Waals surface area (Å²) in [6.45, 7) is 10.7. The van der Waals surface area contributed by atoms with E-state index in [9.17, 15) is 15.2 Å². The molecular formula is C29H37N7O3. The van der Waals surface area contributed by atoms with E-state index >= 15 is 0 Å². The molecule has 10 nitrogen and oxygen atoms in total. The van der Waals surface area contributed by atoms with Crippen LogP contribution in [0.2, 0.25) is 0 Å². The summed E-state index contributed by atoms with van der Waals surface area (Å²) >= 11 is 0. The third-order valence-electron chi connectivity index (χ3n) is 8.22. The first kappa shape index (κ1) is 26.9. The van der Waals surface area contributed by atoms with E-state index in [1.165, 1.54) is 6.08 Å². The van der Waals surface area contributed by atoms with Gasteiger partial charge < -0.3 is 24.5 Å². The van der Waals surface area contributed by atoms with Crippen molar-refractivity contribution in [2.75, 3.05) is 44.7 Å². The van der Waals surface area contributed by atoms with Crippen LogP contribution in [0.25, 0.3) is 0 Å². The smallest absolute Gasteiger partial charge is 0.318 e. The number of amides is 1.